The first kappa shape index (κ1) is 10.9. The number of carbonyl (C=O) groups is 1. The van der Waals surface area contributed by atoms with Crippen molar-refractivity contribution in [3.8, 4) is 0 Å². The van der Waals surface area contributed by atoms with Gasteiger partial charge in [0.15, 0.2) is 0 Å². The molecule has 0 amide bonds. The van der Waals surface area contributed by atoms with Gasteiger partial charge in [0, 0.05) is 22.6 Å². The average Bonchev–Trinajstić information content (AvgIpc) is 2.26. The van der Waals surface area contributed by atoms with Gasteiger partial charge in [0.25, 0.3) is 0 Å². The topological polar surface area (TPSA) is 65.8 Å². The van der Waals surface area contributed by atoms with E-state index in [2.05, 4.69) is 10.0 Å². The van der Waals surface area contributed by atoms with E-state index >= 15 is 0 Å². The summed E-state index contributed by atoms with van der Waals surface area (Å²) in [7, 11) is 0. The Morgan fingerprint density at radius 3 is 3.00 bits per heavy atom. The number of hydrogen-bond acceptors (Lipinski definition) is 2. The Labute approximate surface area is 85.7 Å². The second-order valence-corrected chi connectivity index (χ2v) is 2.71. The molecule has 0 aromatic heterocycles. The highest BCUT2D eigenvalue weighted by Crippen LogP contribution is 2.11. The first-order valence-corrected chi connectivity index (χ1v) is 4.20. The van der Waals surface area contributed by atoms with Crippen LogP contribution in [0.2, 0.25) is 0 Å². The summed E-state index contributed by atoms with van der Waals surface area (Å²) in [5.74, 6) is -0.419. The summed E-state index contributed by atoms with van der Waals surface area (Å²) in [5, 5.41) is 3.26. The van der Waals surface area contributed by atoms with Gasteiger partial charge < -0.3 is 0 Å². The molecule has 0 fully saturated rings. The summed E-state index contributed by atoms with van der Waals surface area (Å²) in [5.41, 5.74) is 8.71. The van der Waals surface area contributed by atoms with Crippen molar-refractivity contribution in [2.24, 2.45) is 5.11 Å². The number of hydrogen-bond donors (Lipinski definition) is 0. The highest BCUT2D eigenvalue weighted by molar-refractivity contribution is 5.76. The lowest BCUT2D eigenvalue weighted by Gasteiger charge is -1.97. The molecule has 1 aromatic rings. The molecule has 0 N–H and O–H groups in total. The van der Waals surface area contributed by atoms with E-state index < -0.39 is 5.82 Å². The van der Waals surface area contributed by atoms with Crippen LogP contribution in [0.25, 0.3) is 16.5 Å². The Hall–Kier alpha value is -2.13. The van der Waals surface area contributed by atoms with Crippen LogP contribution in [0.1, 0.15) is 15.9 Å². The molecule has 0 unspecified atom stereocenters. The van der Waals surface area contributed by atoms with Crippen LogP contribution in [-0.2, 0) is 0 Å². The van der Waals surface area contributed by atoms with Gasteiger partial charge in [-0.1, -0.05) is 17.3 Å². The van der Waals surface area contributed by atoms with Crippen LogP contribution in [0.15, 0.2) is 29.4 Å². The largest absolute Gasteiger partial charge is 0.298 e. The molecule has 1 aromatic carbocycles. The van der Waals surface area contributed by atoms with E-state index in [-0.39, 0.29) is 6.54 Å². The van der Waals surface area contributed by atoms with Crippen molar-refractivity contribution >= 4 is 12.4 Å². The van der Waals surface area contributed by atoms with Gasteiger partial charge in [-0.15, -0.1) is 0 Å². The van der Waals surface area contributed by atoms with Crippen molar-refractivity contribution in [1.29, 1.82) is 0 Å². The molecule has 15 heavy (non-hydrogen) atoms. The summed E-state index contributed by atoms with van der Waals surface area (Å²) in [6.45, 7) is 0.154. The Kier molecular flexibility index (Phi) is 4.06. The molecule has 0 heterocycles. The van der Waals surface area contributed by atoms with Crippen molar-refractivity contribution < 1.29 is 9.18 Å². The third-order valence-electron chi connectivity index (χ3n) is 1.70. The maximum absolute atomic E-state index is 13.1. The Morgan fingerprint density at radius 1 is 1.53 bits per heavy atom. The number of azide groups is 1. The molecule has 76 valence electrons. The number of rotatable bonds is 4. The predicted octanol–water partition coefficient (Wildman–Crippen LogP) is 2.96. The first-order chi connectivity index (χ1) is 7.27. The van der Waals surface area contributed by atoms with E-state index in [0.717, 1.165) is 0 Å². The Balaban J connectivity index is 2.87. The van der Waals surface area contributed by atoms with Crippen molar-refractivity contribution in [1.82, 2.24) is 0 Å². The normalized spacial score (nSPS) is 9.93. The molecule has 0 radical (unpaired) electrons. The van der Waals surface area contributed by atoms with E-state index in [1.54, 1.807) is 0 Å². The number of aldehydes is 1. The lowest BCUT2D eigenvalue weighted by Crippen LogP contribution is -1.86. The zero-order chi connectivity index (χ0) is 11.1. The molecule has 0 aliphatic carbocycles. The molecule has 0 aliphatic rings. The van der Waals surface area contributed by atoms with Gasteiger partial charge in [-0.25, -0.2) is 4.39 Å². The first-order valence-electron chi connectivity index (χ1n) is 4.20. The molecule has 0 aliphatic heterocycles. The summed E-state index contributed by atoms with van der Waals surface area (Å²) in [6, 6.07) is 4.04. The fraction of sp³-hybridized carbons (Fsp3) is 0.100. The van der Waals surface area contributed by atoms with Gasteiger partial charge >= 0.3 is 0 Å². The van der Waals surface area contributed by atoms with E-state index in [0.29, 0.717) is 17.4 Å². The van der Waals surface area contributed by atoms with Gasteiger partial charge in [0.2, 0.25) is 0 Å². The molecule has 1 rings (SSSR count). The standard InChI is InChI=1S/C10H8FN3O/c11-10-4-3-8(7-15)6-9(10)2-1-5-13-14-12/h1-4,6-7H,5H2. The highest BCUT2D eigenvalue weighted by Gasteiger charge is 1.99. The molecule has 0 spiro atoms. The maximum atomic E-state index is 13.1. The van der Waals surface area contributed by atoms with Crippen molar-refractivity contribution in [2.75, 3.05) is 6.54 Å². The van der Waals surface area contributed by atoms with Crippen LogP contribution in [0.3, 0.4) is 0 Å². The summed E-state index contributed by atoms with van der Waals surface area (Å²) >= 11 is 0. The Morgan fingerprint density at radius 2 is 2.33 bits per heavy atom. The van der Waals surface area contributed by atoms with Crippen molar-refractivity contribution in [2.45, 2.75) is 0 Å². The zero-order valence-corrected chi connectivity index (χ0v) is 7.80. The lowest BCUT2D eigenvalue weighted by molar-refractivity contribution is 0.112. The van der Waals surface area contributed by atoms with E-state index in [4.69, 9.17) is 5.53 Å². The molecule has 0 saturated heterocycles. The second kappa shape index (κ2) is 5.57. The minimum absolute atomic E-state index is 0.154. The Bertz CT molecular complexity index is 436. The quantitative estimate of drug-likeness (QED) is 0.322. The van der Waals surface area contributed by atoms with Gasteiger partial charge in [0.1, 0.15) is 12.1 Å². The minimum Gasteiger partial charge on any atom is -0.298 e. The molecule has 0 atom stereocenters. The van der Waals surface area contributed by atoms with E-state index in [1.807, 2.05) is 0 Å². The number of benzene rings is 1. The zero-order valence-electron chi connectivity index (χ0n) is 7.80. The number of carbonyl (C=O) groups excluding carboxylic acids is 1. The second-order valence-electron chi connectivity index (χ2n) is 2.71. The third kappa shape index (κ3) is 3.25. The third-order valence-corrected chi connectivity index (χ3v) is 1.70. The van der Waals surface area contributed by atoms with Crippen LogP contribution >= 0.6 is 0 Å². The molecular formula is C10H8FN3O. The van der Waals surface area contributed by atoms with Crippen LogP contribution < -0.4 is 0 Å². The smallest absolute Gasteiger partial charge is 0.150 e. The molecule has 0 bridgehead atoms. The van der Waals surface area contributed by atoms with E-state index in [1.165, 1.54) is 30.4 Å². The monoisotopic (exact) mass is 205 g/mol. The van der Waals surface area contributed by atoms with Gasteiger partial charge in [-0.3, -0.25) is 4.79 Å². The van der Waals surface area contributed by atoms with Crippen LogP contribution in [-0.4, -0.2) is 12.8 Å². The van der Waals surface area contributed by atoms with Gasteiger partial charge in [-0.05, 0) is 23.7 Å². The van der Waals surface area contributed by atoms with Crippen LogP contribution in [0.5, 0.6) is 0 Å². The molecular weight excluding hydrogens is 197 g/mol. The highest BCUT2D eigenvalue weighted by atomic mass is 19.1. The minimum atomic E-state index is -0.419. The maximum Gasteiger partial charge on any atom is 0.150 e. The molecule has 5 heteroatoms. The molecule has 4 nitrogen and oxygen atoms in total. The SMILES string of the molecule is [N-]=[N+]=NCC=Cc1cc(C=O)ccc1F. The molecule has 0 saturated carbocycles. The summed E-state index contributed by atoms with van der Waals surface area (Å²) in [6.07, 6.45) is 3.63. The van der Waals surface area contributed by atoms with Gasteiger partial charge in [0.05, 0.1) is 0 Å². The van der Waals surface area contributed by atoms with Crippen LogP contribution in [0, 0.1) is 5.82 Å². The fourth-order valence-corrected chi connectivity index (χ4v) is 1.03. The summed E-state index contributed by atoms with van der Waals surface area (Å²) in [4.78, 5) is 13.0. The van der Waals surface area contributed by atoms with E-state index in [9.17, 15) is 9.18 Å². The lowest BCUT2D eigenvalue weighted by atomic mass is 10.1. The number of halogens is 1. The predicted molar refractivity (Wildman–Crippen MR) is 54.8 cm³/mol. The van der Waals surface area contributed by atoms with Crippen molar-refractivity contribution in [3.05, 3.63) is 51.7 Å². The average molecular weight is 205 g/mol. The van der Waals surface area contributed by atoms with Gasteiger partial charge in [-0.2, -0.15) is 0 Å². The van der Waals surface area contributed by atoms with Crippen molar-refractivity contribution in [3.63, 3.8) is 0 Å². The van der Waals surface area contributed by atoms with Crippen LogP contribution in [0.4, 0.5) is 4.39 Å². The summed E-state index contributed by atoms with van der Waals surface area (Å²) < 4.78 is 13.1. The number of nitrogens with zero attached hydrogens (tertiary/aromatic N) is 3. The fourth-order valence-electron chi connectivity index (χ4n) is 1.03.